The van der Waals surface area contributed by atoms with Crippen LogP contribution >= 0.6 is 11.6 Å². The zero-order valence-corrected chi connectivity index (χ0v) is 16.3. The first-order chi connectivity index (χ1) is 14.1. The van der Waals surface area contributed by atoms with Crippen molar-refractivity contribution in [1.29, 1.82) is 0 Å². The van der Waals surface area contributed by atoms with Gasteiger partial charge in [-0.2, -0.15) is 0 Å². The summed E-state index contributed by atoms with van der Waals surface area (Å²) in [6.45, 7) is 0. The van der Waals surface area contributed by atoms with Crippen LogP contribution in [0.3, 0.4) is 0 Å². The van der Waals surface area contributed by atoms with Gasteiger partial charge in [-0.15, -0.1) is 0 Å². The summed E-state index contributed by atoms with van der Waals surface area (Å²) in [5.41, 5.74) is 5.54. The van der Waals surface area contributed by atoms with Crippen molar-refractivity contribution in [2.75, 3.05) is 5.32 Å². The van der Waals surface area contributed by atoms with Gasteiger partial charge < -0.3 is 5.32 Å². The molecule has 1 aliphatic heterocycles. The van der Waals surface area contributed by atoms with Gasteiger partial charge in [-0.05, 0) is 35.1 Å². The Hall–Kier alpha value is -3.11. The van der Waals surface area contributed by atoms with E-state index >= 15 is 0 Å². The number of rotatable bonds is 3. The van der Waals surface area contributed by atoms with Gasteiger partial charge in [0, 0.05) is 23.2 Å². The maximum absolute atomic E-state index is 11.4. The molecule has 0 radical (unpaired) electrons. The van der Waals surface area contributed by atoms with Gasteiger partial charge >= 0.3 is 0 Å². The van der Waals surface area contributed by atoms with E-state index in [1.54, 1.807) is 12.1 Å². The highest BCUT2D eigenvalue weighted by atomic mass is 35.5. The zero-order chi connectivity index (χ0) is 20.0. The van der Waals surface area contributed by atoms with Crippen LogP contribution in [0.25, 0.3) is 11.1 Å². The van der Waals surface area contributed by atoms with E-state index in [-0.39, 0.29) is 22.7 Å². The van der Waals surface area contributed by atoms with Crippen molar-refractivity contribution < 1.29 is 4.92 Å². The fourth-order valence-corrected chi connectivity index (χ4v) is 4.86. The molecule has 0 bridgehead atoms. The second-order valence-electron chi connectivity index (χ2n) is 7.58. The number of benzene rings is 3. The predicted molar refractivity (Wildman–Crippen MR) is 116 cm³/mol. The average molecular weight is 403 g/mol. The number of fused-ring (bicyclic) bond motifs is 3. The molecule has 1 aliphatic carbocycles. The lowest BCUT2D eigenvalue weighted by atomic mass is 9.76. The van der Waals surface area contributed by atoms with Crippen molar-refractivity contribution in [3.8, 4) is 11.1 Å². The lowest BCUT2D eigenvalue weighted by molar-refractivity contribution is -0.384. The minimum atomic E-state index is -0.414. The molecule has 0 aromatic heterocycles. The van der Waals surface area contributed by atoms with Crippen LogP contribution in [0.4, 0.5) is 11.4 Å². The van der Waals surface area contributed by atoms with Gasteiger partial charge in [0.15, 0.2) is 0 Å². The molecule has 2 aliphatic rings. The van der Waals surface area contributed by atoms with E-state index in [0.717, 1.165) is 28.8 Å². The summed E-state index contributed by atoms with van der Waals surface area (Å²) >= 11 is 6.05. The fraction of sp³-hybridized carbons (Fsp3) is 0.167. The van der Waals surface area contributed by atoms with Crippen molar-refractivity contribution >= 4 is 23.0 Å². The molecule has 5 heteroatoms. The van der Waals surface area contributed by atoms with Gasteiger partial charge in [0.25, 0.3) is 5.69 Å². The minimum Gasteiger partial charge on any atom is -0.377 e. The van der Waals surface area contributed by atoms with Crippen LogP contribution in [0.2, 0.25) is 5.02 Å². The third-order valence-electron chi connectivity index (χ3n) is 6.01. The number of nitrogens with zero attached hydrogens (tertiary/aromatic N) is 1. The number of hydrogen-bond acceptors (Lipinski definition) is 3. The molecule has 5 rings (SSSR count). The molecule has 0 amide bonds. The minimum absolute atomic E-state index is 0.0247. The highest BCUT2D eigenvalue weighted by molar-refractivity contribution is 6.32. The van der Waals surface area contributed by atoms with E-state index in [1.165, 1.54) is 5.56 Å². The molecule has 4 nitrogen and oxygen atoms in total. The van der Waals surface area contributed by atoms with Crippen molar-refractivity contribution in [3.05, 3.63) is 105 Å². The smallest absolute Gasteiger partial charge is 0.288 e. The first kappa shape index (κ1) is 18.0. The Labute approximate surface area is 174 Å². The summed E-state index contributed by atoms with van der Waals surface area (Å²) in [6.07, 6.45) is 5.43. The molecule has 29 heavy (non-hydrogen) atoms. The molecule has 1 N–H and O–H groups in total. The Balaban J connectivity index is 1.64. The van der Waals surface area contributed by atoms with Crippen LogP contribution in [0.15, 0.2) is 78.9 Å². The largest absolute Gasteiger partial charge is 0.377 e. The third-order valence-corrected chi connectivity index (χ3v) is 6.33. The van der Waals surface area contributed by atoms with Gasteiger partial charge in [0.05, 0.1) is 11.0 Å². The van der Waals surface area contributed by atoms with Crippen molar-refractivity contribution in [2.45, 2.75) is 18.4 Å². The van der Waals surface area contributed by atoms with E-state index < -0.39 is 4.92 Å². The van der Waals surface area contributed by atoms with Crippen LogP contribution in [-0.4, -0.2) is 4.92 Å². The summed E-state index contributed by atoms with van der Waals surface area (Å²) in [5.74, 6) is 0.601. The van der Waals surface area contributed by atoms with Crippen LogP contribution < -0.4 is 5.32 Å². The zero-order valence-electron chi connectivity index (χ0n) is 15.6. The predicted octanol–water partition coefficient (Wildman–Crippen LogP) is 6.74. The molecule has 144 valence electrons. The Kier molecular flexibility index (Phi) is 4.36. The number of allylic oxidation sites excluding steroid dienone is 2. The van der Waals surface area contributed by atoms with Crippen molar-refractivity contribution in [1.82, 2.24) is 0 Å². The molecule has 0 saturated heterocycles. The maximum Gasteiger partial charge on any atom is 0.288 e. The quantitative estimate of drug-likeness (QED) is 0.300. The second kappa shape index (κ2) is 7.05. The Morgan fingerprint density at radius 3 is 2.66 bits per heavy atom. The van der Waals surface area contributed by atoms with Crippen LogP contribution in [0.1, 0.15) is 29.5 Å². The topological polar surface area (TPSA) is 55.2 Å². The van der Waals surface area contributed by atoms with Crippen molar-refractivity contribution in [2.24, 2.45) is 5.92 Å². The maximum atomic E-state index is 11.4. The van der Waals surface area contributed by atoms with Gasteiger partial charge in [-0.3, -0.25) is 10.1 Å². The Morgan fingerprint density at radius 1 is 1.03 bits per heavy atom. The van der Waals surface area contributed by atoms with E-state index in [9.17, 15) is 10.1 Å². The molecule has 0 spiro atoms. The van der Waals surface area contributed by atoms with E-state index in [1.807, 2.05) is 24.3 Å². The monoisotopic (exact) mass is 402 g/mol. The van der Waals surface area contributed by atoms with Crippen LogP contribution in [-0.2, 0) is 0 Å². The SMILES string of the molecule is O=[N+]([O-])c1cc([C@@H]2Nc3c(-c4ccccc4)cccc3[C@H]3C=CC[C@H]32)ccc1Cl. The number of nitrogens with one attached hydrogen (secondary N) is 1. The summed E-state index contributed by atoms with van der Waals surface area (Å²) in [6, 6.07) is 21.8. The first-order valence-electron chi connectivity index (χ1n) is 9.69. The average Bonchev–Trinajstić information content (AvgIpc) is 3.24. The number of halogens is 1. The standard InChI is InChI=1S/C24H19ClN2O2/c25-21-13-12-16(14-22(21)27(28)29)23-19-10-5-9-18(19)20-11-4-8-17(24(20)26-23)15-6-2-1-3-7-15/h1-9,11-14,18-19,23,26H,10H2/t18-,19+,23-/m0/s1. The number of anilines is 1. The molecule has 0 saturated carbocycles. The third kappa shape index (κ3) is 3.00. The molecule has 1 heterocycles. The highest BCUT2D eigenvalue weighted by Gasteiger charge is 2.39. The number of nitro groups is 1. The number of nitro benzene ring substituents is 1. The van der Waals surface area contributed by atoms with Gasteiger partial charge in [-0.25, -0.2) is 0 Å². The lowest BCUT2D eigenvalue weighted by Gasteiger charge is -2.38. The number of hydrogen-bond donors (Lipinski definition) is 1. The highest BCUT2D eigenvalue weighted by Crippen LogP contribution is 2.52. The van der Waals surface area contributed by atoms with Gasteiger partial charge in [0.2, 0.25) is 0 Å². The molecule has 0 unspecified atom stereocenters. The van der Waals surface area contributed by atoms with Gasteiger partial charge in [-0.1, -0.05) is 78.4 Å². The fourth-order valence-electron chi connectivity index (χ4n) is 4.67. The Bertz CT molecular complexity index is 1130. The molecule has 3 aromatic carbocycles. The van der Waals surface area contributed by atoms with Crippen LogP contribution in [0, 0.1) is 16.0 Å². The molecular formula is C24H19ClN2O2. The molecule has 3 aromatic rings. The first-order valence-corrected chi connectivity index (χ1v) is 10.1. The summed E-state index contributed by atoms with van der Waals surface area (Å²) in [4.78, 5) is 11.0. The van der Waals surface area contributed by atoms with Crippen molar-refractivity contribution in [3.63, 3.8) is 0 Å². The van der Waals surface area contributed by atoms with Gasteiger partial charge in [0.1, 0.15) is 5.02 Å². The van der Waals surface area contributed by atoms with Crippen LogP contribution in [0.5, 0.6) is 0 Å². The molecule has 0 fully saturated rings. The summed E-state index contributed by atoms with van der Waals surface area (Å²) in [5, 5.41) is 15.3. The second-order valence-corrected chi connectivity index (χ2v) is 7.99. The molecule has 3 atom stereocenters. The molecular weight excluding hydrogens is 384 g/mol. The van der Waals surface area contributed by atoms with E-state index in [4.69, 9.17) is 11.6 Å². The lowest BCUT2D eigenvalue weighted by Crippen LogP contribution is -2.29. The van der Waals surface area contributed by atoms with E-state index in [0.29, 0.717) is 5.92 Å². The normalized spacial score (nSPS) is 21.9. The summed E-state index contributed by atoms with van der Waals surface area (Å²) < 4.78 is 0. The number of para-hydroxylation sites is 1. The summed E-state index contributed by atoms with van der Waals surface area (Å²) in [7, 11) is 0. The van der Waals surface area contributed by atoms with E-state index in [2.05, 4.69) is 47.8 Å². The Morgan fingerprint density at radius 2 is 1.86 bits per heavy atom.